The number of sulfone groups is 1. The standard InChI is InChI=1S/C14H15FO5S/c1-10(16)20-14(15,11-7-8-12(17)9-11)21(18,19)13-5-3-2-4-6-13/h2-6,11H,7-9H2,1H3/t11-,14+/m0/s1. The van der Waals surface area contributed by atoms with E-state index in [0.29, 0.717) is 0 Å². The molecule has 1 fully saturated rings. The number of benzene rings is 1. The molecule has 0 unspecified atom stereocenters. The van der Waals surface area contributed by atoms with Crippen molar-refractivity contribution >= 4 is 21.6 Å². The summed E-state index contributed by atoms with van der Waals surface area (Å²) in [6, 6.07) is 6.93. The minimum atomic E-state index is -4.56. The molecule has 1 saturated carbocycles. The minimum absolute atomic E-state index is 0.0364. The first kappa shape index (κ1) is 15.6. The fourth-order valence-corrected chi connectivity index (χ4v) is 4.13. The molecule has 0 radical (unpaired) electrons. The first-order valence-electron chi connectivity index (χ1n) is 6.47. The Morgan fingerprint density at radius 3 is 2.43 bits per heavy atom. The van der Waals surface area contributed by atoms with Crippen molar-refractivity contribution in [1.29, 1.82) is 0 Å². The van der Waals surface area contributed by atoms with Gasteiger partial charge in [0.2, 0.25) is 0 Å². The molecule has 7 heteroatoms. The molecule has 0 heterocycles. The summed E-state index contributed by atoms with van der Waals surface area (Å²) in [7, 11) is -4.56. The second-order valence-corrected chi connectivity index (χ2v) is 7.01. The fourth-order valence-electron chi connectivity index (χ4n) is 2.42. The highest BCUT2D eigenvalue weighted by atomic mass is 32.2. The highest BCUT2D eigenvalue weighted by Gasteiger charge is 2.56. The molecule has 5 nitrogen and oxygen atoms in total. The summed E-state index contributed by atoms with van der Waals surface area (Å²) in [6.07, 6.45) is -0.133. The molecule has 1 aromatic carbocycles. The van der Waals surface area contributed by atoms with Crippen molar-refractivity contribution in [2.45, 2.75) is 36.3 Å². The van der Waals surface area contributed by atoms with Crippen LogP contribution in [0.3, 0.4) is 0 Å². The molecule has 0 spiro atoms. The molecular formula is C14H15FO5S. The second-order valence-electron chi connectivity index (χ2n) is 4.97. The average molecular weight is 314 g/mol. The van der Waals surface area contributed by atoms with Gasteiger partial charge in [-0.2, -0.15) is 4.39 Å². The maximum Gasteiger partial charge on any atom is 0.359 e. The third-order valence-electron chi connectivity index (χ3n) is 3.44. The zero-order chi connectivity index (χ0) is 15.7. The Bertz CT molecular complexity index is 655. The summed E-state index contributed by atoms with van der Waals surface area (Å²) in [4.78, 5) is 22.2. The Kier molecular flexibility index (Phi) is 4.13. The normalized spacial score (nSPS) is 21.8. The van der Waals surface area contributed by atoms with Crippen LogP contribution >= 0.6 is 0 Å². The molecule has 1 aromatic rings. The Morgan fingerprint density at radius 1 is 1.33 bits per heavy atom. The monoisotopic (exact) mass is 314 g/mol. The summed E-state index contributed by atoms with van der Waals surface area (Å²) >= 11 is 0. The summed E-state index contributed by atoms with van der Waals surface area (Å²) in [6.45, 7) is 0.936. The zero-order valence-electron chi connectivity index (χ0n) is 11.4. The van der Waals surface area contributed by atoms with Gasteiger partial charge in [0.25, 0.3) is 9.84 Å². The van der Waals surface area contributed by atoms with Gasteiger partial charge in [-0.25, -0.2) is 8.42 Å². The Morgan fingerprint density at radius 2 is 1.95 bits per heavy atom. The number of hydrogen-bond acceptors (Lipinski definition) is 5. The highest BCUT2D eigenvalue weighted by molar-refractivity contribution is 7.92. The summed E-state index contributed by atoms with van der Waals surface area (Å²) in [5.41, 5.74) is 0. The topological polar surface area (TPSA) is 77.5 Å². The number of ketones is 1. The maximum atomic E-state index is 15.2. The highest BCUT2D eigenvalue weighted by Crippen LogP contribution is 2.42. The Labute approximate surface area is 122 Å². The molecule has 1 aliphatic rings. The molecule has 114 valence electrons. The van der Waals surface area contributed by atoms with E-state index in [4.69, 9.17) is 0 Å². The van der Waals surface area contributed by atoms with E-state index in [0.717, 1.165) is 6.92 Å². The third-order valence-corrected chi connectivity index (χ3v) is 5.48. The van der Waals surface area contributed by atoms with Gasteiger partial charge < -0.3 is 4.74 Å². The molecule has 1 aliphatic carbocycles. The number of ether oxygens (including phenoxy) is 1. The molecule has 2 rings (SSSR count). The van der Waals surface area contributed by atoms with Crippen molar-refractivity contribution in [3.8, 4) is 0 Å². The van der Waals surface area contributed by atoms with Crippen LogP contribution < -0.4 is 0 Å². The van der Waals surface area contributed by atoms with E-state index in [1.165, 1.54) is 24.3 Å². The van der Waals surface area contributed by atoms with Crippen molar-refractivity contribution in [2.75, 3.05) is 0 Å². The van der Waals surface area contributed by atoms with Crippen LogP contribution in [-0.2, 0) is 24.2 Å². The number of rotatable bonds is 4. The van der Waals surface area contributed by atoms with Gasteiger partial charge in [-0.05, 0) is 18.6 Å². The maximum absolute atomic E-state index is 15.2. The van der Waals surface area contributed by atoms with Crippen LogP contribution in [0.1, 0.15) is 26.2 Å². The molecule has 0 bridgehead atoms. The molecular weight excluding hydrogens is 299 g/mol. The van der Waals surface area contributed by atoms with Gasteiger partial charge in [-0.1, -0.05) is 18.2 Å². The Hall–Kier alpha value is -1.76. The molecule has 21 heavy (non-hydrogen) atoms. The minimum Gasteiger partial charge on any atom is -0.414 e. The summed E-state index contributed by atoms with van der Waals surface area (Å²) in [5.74, 6) is -2.46. The lowest BCUT2D eigenvalue weighted by atomic mass is 10.1. The number of hydrogen-bond donors (Lipinski definition) is 0. The lowest BCUT2D eigenvalue weighted by Gasteiger charge is -2.29. The first-order valence-corrected chi connectivity index (χ1v) is 7.95. The van der Waals surface area contributed by atoms with Gasteiger partial charge in [0.15, 0.2) is 0 Å². The second kappa shape index (κ2) is 5.55. The molecule has 0 N–H and O–H groups in total. The van der Waals surface area contributed by atoms with Crippen LogP contribution in [0.2, 0.25) is 0 Å². The van der Waals surface area contributed by atoms with Crippen LogP contribution in [0.4, 0.5) is 4.39 Å². The van der Waals surface area contributed by atoms with Crippen molar-refractivity contribution in [3.05, 3.63) is 30.3 Å². The Balaban J connectivity index is 2.49. The van der Waals surface area contributed by atoms with Gasteiger partial charge in [0, 0.05) is 19.8 Å². The number of alkyl halides is 1. The van der Waals surface area contributed by atoms with Crippen LogP contribution in [-0.4, -0.2) is 25.4 Å². The number of carbonyl (C=O) groups is 2. The van der Waals surface area contributed by atoms with E-state index < -0.39 is 26.9 Å². The average Bonchev–Trinajstić information content (AvgIpc) is 2.86. The summed E-state index contributed by atoms with van der Waals surface area (Å²) in [5, 5.41) is -3.22. The lowest BCUT2D eigenvalue weighted by Crippen LogP contribution is -2.44. The molecule has 2 atom stereocenters. The molecule has 0 aliphatic heterocycles. The van der Waals surface area contributed by atoms with Gasteiger partial charge in [0.1, 0.15) is 5.78 Å². The van der Waals surface area contributed by atoms with Crippen molar-refractivity contribution < 1.29 is 27.1 Å². The van der Waals surface area contributed by atoms with Gasteiger partial charge in [-0.3, -0.25) is 9.59 Å². The molecule has 0 amide bonds. The van der Waals surface area contributed by atoms with E-state index >= 15 is 4.39 Å². The van der Waals surface area contributed by atoms with Gasteiger partial charge in [-0.15, -0.1) is 0 Å². The van der Waals surface area contributed by atoms with E-state index in [1.54, 1.807) is 6.07 Å². The number of halogens is 1. The SMILES string of the molecule is CC(=O)O[C@](F)([C@H]1CCC(=O)C1)S(=O)(=O)c1ccccc1. The molecule has 0 saturated heterocycles. The van der Waals surface area contributed by atoms with Crippen LogP contribution in [0, 0.1) is 5.92 Å². The number of carbonyl (C=O) groups excluding carboxylic acids is 2. The van der Waals surface area contributed by atoms with E-state index in [9.17, 15) is 18.0 Å². The predicted molar refractivity (Wildman–Crippen MR) is 71.6 cm³/mol. The number of Topliss-reactive ketones (excluding diaryl/α,β-unsaturated/α-hetero) is 1. The van der Waals surface area contributed by atoms with Gasteiger partial charge in [0.05, 0.1) is 10.8 Å². The quantitative estimate of drug-likeness (QED) is 0.795. The largest absolute Gasteiger partial charge is 0.414 e. The summed E-state index contributed by atoms with van der Waals surface area (Å²) < 4.78 is 44.8. The first-order chi connectivity index (χ1) is 9.77. The van der Waals surface area contributed by atoms with Crippen molar-refractivity contribution in [3.63, 3.8) is 0 Å². The smallest absolute Gasteiger partial charge is 0.359 e. The third kappa shape index (κ3) is 2.83. The van der Waals surface area contributed by atoms with Crippen molar-refractivity contribution in [1.82, 2.24) is 0 Å². The van der Waals surface area contributed by atoms with Gasteiger partial charge >= 0.3 is 11.2 Å². The predicted octanol–water partition coefficient (Wildman–Crippen LogP) is 2.02. The fraction of sp³-hybridized carbons (Fsp3) is 0.429. The number of esters is 1. The van der Waals surface area contributed by atoms with Crippen LogP contribution in [0.25, 0.3) is 0 Å². The molecule has 0 aromatic heterocycles. The lowest BCUT2D eigenvalue weighted by molar-refractivity contribution is -0.170. The van der Waals surface area contributed by atoms with Crippen LogP contribution in [0.5, 0.6) is 0 Å². The van der Waals surface area contributed by atoms with E-state index in [-0.39, 0.29) is 29.9 Å². The van der Waals surface area contributed by atoms with Crippen LogP contribution in [0.15, 0.2) is 35.2 Å². The van der Waals surface area contributed by atoms with E-state index in [2.05, 4.69) is 4.74 Å². The zero-order valence-corrected chi connectivity index (χ0v) is 12.2. The van der Waals surface area contributed by atoms with Crippen molar-refractivity contribution in [2.24, 2.45) is 5.92 Å². The van der Waals surface area contributed by atoms with E-state index in [1.807, 2.05) is 0 Å².